The molecule has 2 fully saturated rings. The summed E-state index contributed by atoms with van der Waals surface area (Å²) in [5.41, 5.74) is 1.63. The fraction of sp³-hybridized carbons (Fsp3) is 0.300. The Hall–Kier alpha value is -2.86. The number of nitrogens with zero attached hydrogens (tertiary/aromatic N) is 1. The predicted molar refractivity (Wildman–Crippen MR) is 92.0 cm³/mol. The van der Waals surface area contributed by atoms with Crippen molar-refractivity contribution in [2.45, 2.75) is 24.3 Å². The number of methoxy groups -OCH3 is 1. The van der Waals surface area contributed by atoms with Gasteiger partial charge < -0.3 is 14.2 Å². The van der Waals surface area contributed by atoms with Gasteiger partial charge in [-0.2, -0.15) is 0 Å². The van der Waals surface area contributed by atoms with Gasteiger partial charge in [-0.3, -0.25) is 9.69 Å². The number of amides is 1. The van der Waals surface area contributed by atoms with Crippen LogP contribution in [0.3, 0.4) is 0 Å². The second-order valence-corrected chi connectivity index (χ2v) is 6.34. The molecule has 0 bridgehead atoms. The first-order valence-corrected chi connectivity index (χ1v) is 8.48. The Morgan fingerprint density at radius 1 is 1.04 bits per heavy atom. The predicted octanol–water partition coefficient (Wildman–Crippen LogP) is 2.99. The SMILES string of the molecule is CO[C@@]1(c2ccccc2)OC(=O)C[C@@H]1N1C(=O)OC[C@@H]1c1ccccc1. The van der Waals surface area contributed by atoms with Crippen LogP contribution in [0.2, 0.25) is 0 Å². The monoisotopic (exact) mass is 353 g/mol. The van der Waals surface area contributed by atoms with E-state index in [1.54, 1.807) is 4.90 Å². The van der Waals surface area contributed by atoms with Crippen molar-refractivity contribution in [3.05, 3.63) is 71.8 Å². The third kappa shape index (κ3) is 2.54. The lowest BCUT2D eigenvalue weighted by Gasteiger charge is -2.38. The van der Waals surface area contributed by atoms with Crippen molar-refractivity contribution in [1.29, 1.82) is 0 Å². The first kappa shape index (κ1) is 16.6. The summed E-state index contributed by atoms with van der Waals surface area (Å²) < 4.78 is 16.7. The molecule has 1 amide bonds. The molecule has 2 aromatic carbocycles. The van der Waals surface area contributed by atoms with Gasteiger partial charge in [-0.05, 0) is 5.56 Å². The highest BCUT2D eigenvalue weighted by molar-refractivity contribution is 5.77. The Morgan fingerprint density at radius 2 is 1.69 bits per heavy atom. The molecule has 0 aliphatic carbocycles. The third-order valence-corrected chi connectivity index (χ3v) is 4.97. The van der Waals surface area contributed by atoms with Crippen LogP contribution < -0.4 is 0 Å². The van der Waals surface area contributed by atoms with E-state index in [9.17, 15) is 9.59 Å². The summed E-state index contributed by atoms with van der Waals surface area (Å²) >= 11 is 0. The van der Waals surface area contributed by atoms with Crippen molar-refractivity contribution >= 4 is 12.1 Å². The molecule has 0 aromatic heterocycles. The van der Waals surface area contributed by atoms with Gasteiger partial charge in [0.15, 0.2) is 0 Å². The lowest BCUT2D eigenvalue weighted by atomic mass is 9.94. The van der Waals surface area contributed by atoms with Crippen molar-refractivity contribution in [3.63, 3.8) is 0 Å². The highest BCUT2D eigenvalue weighted by atomic mass is 16.7. The number of benzene rings is 2. The Bertz CT molecular complexity index is 809. The summed E-state index contributed by atoms with van der Waals surface area (Å²) in [6, 6.07) is 17.9. The van der Waals surface area contributed by atoms with Gasteiger partial charge in [0, 0.05) is 12.7 Å². The maximum absolute atomic E-state index is 12.6. The van der Waals surface area contributed by atoms with Crippen LogP contribution in [-0.4, -0.2) is 36.7 Å². The summed E-state index contributed by atoms with van der Waals surface area (Å²) in [6.45, 7) is 0.224. The largest absolute Gasteiger partial charge is 0.447 e. The zero-order valence-electron chi connectivity index (χ0n) is 14.3. The van der Waals surface area contributed by atoms with Gasteiger partial charge in [-0.25, -0.2) is 4.79 Å². The zero-order valence-corrected chi connectivity index (χ0v) is 14.3. The smallest absolute Gasteiger partial charge is 0.411 e. The molecule has 26 heavy (non-hydrogen) atoms. The molecule has 0 radical (unpaired) electrons. The van der Waals surface area contributed by atoms with Crippen LogP contribution in [0.5, 0.6) is 0 Å². The summed E-state index contributed by atoms with van der Waals surface area (Å²) in [5.74, 6) is -1.76. The second kappa shape index (κ2) is 6.46. The number of carbonyl (C=O) groups excluding carboxylic acids is 2. The highest BCUT2D eigenvalue weighted by Crippen LogP contribution is 2.45. The van der Waals surface area contributed by atoms with E-state index in [0.29, 0.717) is 5.56 Å². The fourth-order valence-electron chi connectivity index (χ4n) is 3.78. The maximum Gasteiger partial charge on any atom is 0.411 e. The van der Waals surface area contributed by atoms with Crippen molar-refractivity contribution in [1.82, 2.24) is 4.90 Å². The van der Waals surface area contributed by atoms with E-state index in [4.69, 9.17) is 14.2 Å². The van der Waals surface area contributed by atoms with E-state index < -0.39 is 23.9 Å². The maximum atomic E-state index is 12.6. The van der Waals surface area contributed by atoms with E-state index >= 15 is 0 Å². The van der Waals surface area contributed by atoms with Crippen molar-refractivity contribution < 1.29 is 23.8 Å². The number of ether oxygens (including phenoxy) is 3. The Kier molecular flexibility index (Phi) is 4.12. The van der Waals surface area contributed by atoms with Crippen molar-refractivity contribution in [2.24, 2.45) is 0 Å². The summed E-state index contributed by atoms with van der Waals surface area (Å²) in [5, 5.41) is 0. The standard InChI is InChI=1S/C20H19NO5/c1-24-20(15-10-6-3-7-11-15)17(12-18(22)26-20)21-16(13-25-19(21)23)14-8-4-2-5-9-14/h2-11,16-17H,12-13H2,1H3/t16-,17+,20+/m1/s1. The van der Waals surface area contributed by atoms with Gasteiger partial charge in [0.2, 0.25) is 0 Å². The number of carbonyl (C=O) groups is 2. The van der Waals surface area contributed by atoms with Crippen LogP contribution in [0.25, 0.3) is 0 Å². The minimum Gasteiger partial charge on any atom is -0.447 e. The van der Waals surface area contributed by atoms with Gasteiger partial charge in [0.05, 0.1) is 12.5 Å². The van der Waals surface area contributed by atoms with Crippen molar-refractivity contribution in [3.8, 4) is 0 Å². The molecule has 2 saturated heterocycles. The number of hydrogen-bond acceptors (Lipinski definition) is 5. The van der Waals surface area contributed by atoms with Crippen LogP contribution >= 0.6 is 0 Å². The van der Waals surface area contributed by atoms with E-state index in [0.717, 1.165) is 5.56 Å². The van der Waals surface area contributed by atoms with Crippen LogP contribution in [0, 0.1) is 0 Å². The lowest BCUT2D eigenvalue weighted by molar-refractivity contribution is -0.224. The Labute approximate surface area is 151 Å². The lowest BCUT2D eigenvalue weighted by Crippen LogP contribution is -2.50. The average Bonchev–Trinajstić information content (AvgIpc) is 3.23. The fourth-order valence-corrected chi connectivity index (χ4v) is 3.78. The van der Waals surface area contributed by atoms with E-state index in [2.05, 4.69) is 0 Å². The number of rotatable bonds is 4. The minimum atomic E-state index is -1.35. The van der Waals surface area contributed by atoms with Gasteiger partial charge in [0.1, 0.15) is 12.6 Å². The zero-order chi connectivity index (χ0) is 18.1. The van der Waals surface area contributed by atoms with Crippen LogP contribution in [-0.2, 0) is 24.8 Å². The molecule has 6 nitrogen and oxygen atoms in total. The molecule has 2 aromatic rings. The first-order valence-electron chi connectivity index (χ1n) is 8.48. The molecule has 0 unspecified atom stereocenters. The molecule has 0 spiro atoms. The van der Waals surface area contributed by atoms with Gasteiger partial charge in [-0.1, -0.05) is 60.7 Å². The quantitative estimate of drug-likeness (QED) is 0.791. The van der Waals surface area contributed by atoms with E-state index in [-0.39, 0.29) is 19.1 Å². The molecule has 3 atom stereocenters. The average molecular weight is 353 g/mol. The summed E-state index contributed by atoms with van der Waals surface area (Å²) in [6.07, 6.45) is -0.430. The molecule has 6 heteroatoms. The van der Waals surface area contributed by atoms with Gasteiger partial charge in [0.25, 0.3) is 5.79 Å². The number of cyclic esters (lactones) is 2. The molecule has 2 aliphatic rings. The van der Waals surface area contributed by atoms with Crippen LogP contribution in [0.1, 0.15) is 23.6 Å². The Morgan fingerprint density at radius 3 is 2.35 bits per heavy atom. The van der Waals surface area contributed by atoms with Gasteiger partial charge in [-0.15, -0.1) is 0 Å². The topological polar surface area (TPSA) is 65.1 Å². The van der Waals surface area contributed by atoms with Crippen LogP contribution in [0.15, 0.2) is 60.7 Å². The first-order chi connectivity index (χ1) is 12.7. The van der Waals surface area contributed by atoms with E-state index in [1.807, 2.05) is 60.7 Å². The molecule has 0 N–H and O–H groups in total. The summed E-state index contributed by atoms with van der Waals surface area (Å²) in [4.78, 5) is 26.4. The van der Waals surface area contributed by atoms with Gasteiger partial charge >= 0.3 is 12.1 Å². The molecular formula is C20H19NO5. The third-order valence-electron chi connectivity index (χ3n) is 4.97. The second-order valence-electron chi connectivity index (χ2n) is 6.34. The van der Waals surface area contributed by atoms with Crippen molar-refractivity contribution in [2.75, 3.05) is 13.7 Å². The van der Waals surface area contributed by atoms with E-state index in [1.165, 1.54) is 7.11 Å². The Balaban J connectivity index is 1.78. The number of hydrogen-bond donors (Lipinski definition) is 0. The highest BCUT2D eigenvalue weighted by Gasteiger charge is 2.58. The molecule has 134 valence electrons. The van der Waals surface area contributed by atoms with Crippen LogP contribution in [0.4, 0.5) is 4.79 Å². The molecule has 0 saturated carbocycles. The summed E-state index contributed by atoms with van der Waals surface area (Å²) in [7, 11) is 1.48. The molecule has 4 rings (SSSR count). The molecule has 2 heterocycles. The normalized spacial score (nSPS) is 28.1. The number of esters is 1. The molecule has 2 aliphatic heterocycles. The minimum absolute atomic E-state index is 0.0428. The molecular weight excluding hydrogens is 334 g/mol.